The predicted molar refractivity (Wildman–Crippen MR) is 97.0 cm³/mol. The lowest BCUT2D eigenvalue weighted by atomic mass is 10.1. The number of hydrogen-bond acceptors (Lipinski definition) is 3. The van der Waals surface area contributed by atoms with Crippen LogP contribution in [0.4, 0.5) is 0 Å². The normalized spacial score (nSPS) is 11.5. The molecule has 0 aliphatic heterocycles. The Morgan fingerprint density at radius 3 is 2.24 bits per heavy atom. The summed E-state index contributed by atoms with van der Waals surface area (Å²) in [6, 6.07) is 16.6. The molecule has 0 radical (unpaired) electrons. The highest BCUT2D eigenvalue weighted by atomic mass is 16.5. The molecule has 2 rings (SSSR count). The average molecular weight is 340 g/mol. The zero-order valence-electron chi connectivity index (χ0n) is 14.9. The Morgan fingerprint density at radius 1 is 1.04 bits per heavy atom. The first-order valence-electron chi connectivity index (χ1n) is 8.23. The van der Waals surface area contributed by atoms with Crippen LogP contribution in [-0.4, -0.2) is 29.9 Å². The van der Waals surface area contributed by atoms with Crippen LogP contribution >= 0.6 is 0 Å². The van der Waals surface area contributed by atoms with Crippen LogP contribution in [0.3, 0.4) is 0 Å². The van der Waals surface area contributed by atoms with Gasteiger partial charge < -0.3 is 15.0 Å². The van der Waals surface area contributed by atoms with Gasteiger partial charge in [-0.25, -0.2) is 0 Å². The molecule has 132 valence electrons. The molecule has 1 atom stereocenters. The molecule has 0 spiro atoms. The fraction of sp³-hybridized carbons (Fsp3) is 0.300. The zero-order chi connectivity index (χ0) is 18.2. The summed E-state index contributed by atoms with van der Waals surface area (Å²) in [5.74, 6) is 0.442. The number of nitrogens with one attached hydrogen (secondary N) is 1. The van der Waals surface area contributed by atoms with Gasteiger partial charge in [-0.05, 0) is 30.2 Å². The smallest absolute Gasteiger partial charge is 0.242 e. The van der Waals surface area contributed by atoms with Crippen molar-refractivity contribution in [1.29, 1.82) is 0 Å². The highest BCUT2D eigenvalue weighted by Crippen LogP contribution is 2.15. The van der Waals surface area contributed by atoms with E-state index in [9.17, 15) is 9.59 Å². The van der Waals surface area contributed by atoms with Gasteiger partial charge in [-0.2, -0.15) is 0 Å². The van der Waals surface area contributed by atoms with Crippen molar-refractivity contribution in [3.05, 3.63) is 65.7 Å². The van der Waals surface area contributed by atoms with E-state index in [0.29, 0.717) is 13.1 Å². The second-order valence-corrected chi connectivity index (χ2v) is 5.87. The number of amides is 2. The number of benzene rings is 2. The third-order valence-electron chi connectivity index (χ3n) is 4.07. The van der Waals surface area contributed by atoms with Gasteiger partial charge >= 0.3 is 0 Å². The monoisotopic (exact) mass is 340 g/mol. The SMILES string of the molecule is COc1ccc(CN(C(C)=O)C(C)C(=O)NCc2ccccc2)cc1. The lowest BCUT2D eigenvalue weighted by Gasteiger charge is -2.27. The summed E-state index contributed by atoms with van der Waals surface area (Å²) in [4.78, 5) is 26.0. The summed E-state index contributed by atoms with van der Waals surface area (Å²) in [5, 5.41) is 2.89. The van der Waals surface area contributed by atoms with Crippen LogP contribution in [0.2, 0.25) is 0 Å². The van der Waals surface area contributed by atoms with E-state index in [1.54, 1.807) is 18.9 Å². The van der Waals surface area contributed by atoms with Gasteiger partial charge in [0, 0.05) is 20.0 Å². The summed E-state index contributed by atoms with van der Waals surface area (Å²) < 4.78 is 5.14. The minimum absolute atomic E-state index is 0.141. The van der Waals surface area contributed by atoms with E-state index in [2.05, 4.69) is 5.32 Å². The quantitative estimate of drug-likeness (QED) is 0.843. The van der Waals surface area contributed by atoms with Crippen molar-refractivity contribution in [3.8, 4) is 5.75 Å². The second kappa shape index (κ2) is 8.87. The summed E-state index contributed by atoms with van der Waals surface area (Å²) >= 11 is 0. The van der Waals surface area contributed by atoms with Crippen molar-refractivity contribution >= 4 is 11.8 Å². The lowest BCUT2D eigenvalue weighted by molar-refractivity contribution is -0.139. The molecular weight excluding hydrogens is 316 g/mol. The second-order valence-electron chi connectivity index (χ2n) is 5.87. The van der Waals surface area contributed by atoms with Crippen molar-refractivity contribution in [2.45, 2.75) is 33.0 Å². The van der Waals surface area contributed by atoms with E-state index < -0.39 is 6.04 Å². The standard InChI is InChI=1S/C20H24N2O3/c1-15(20(24)21-13-17-7-5-4-6-8-17)22(16(2)23)14-18-9-11-19(25-3)12-10-18/h4-12,15H,13-14H2,1-3H3,(H,21,24). The Kier molecular flexibility index (Phi) is 6.57. The van der Waals surface area contributed by atoms with Crippen molar-refractivity contribution in [3.63, 3.8) is 0 Å². The third kappa shape index (κ3) is 5.35. The van der Waals surface area contributed by atoms with Crippen LogP contribution in [0.1, 0.15) is 25.0 Å². The molecule has 2 aromatic carbocycles. The van der Waals surface area contributed by atoms with Crippen LogP contribution in [0.5, 0.6) is 5.75 Å². The Balaban J connectivity index is 1.99. The molecule has 0 bridgehead atoms. The van der Waals surface area contributed by atoms with Crippen LogP contribution in [0, 0.1) is 0 Å². The Bertz CT molecular complexity index is 699. The highest BCUT2D eigenvalue weighted by molar-refractivity contribution is 5.86. The Morgan fingerprint density at radius 2 is 1.68 bits per heavy atom. The van der Waals surface area contributed by atoms with Crippen molar-refractivity contribution in [2.75, 3.05) is 7.11 Å². The van der Waals surface area contributed by atoms with Crippen molar-refractivity contribution in [2.24, 2.45) is 0 Å². The minimum Gasteiger partial charge on any atom is -0.497 e. The van der Waals surface area contributed by atoms with E-state index in [-0.39, 0.29) is 11.8 Å². The third-order valence-corrected chi connectivity index (χ3v) is 4.07. The van der Waals surface area contributed by atoms with E-state index in [1.807, 2.05) is 54.6 Å². The molecular formula is C20H24N2O3. The number of carbonyl (C=O) groups is 2. The number of nitrogens with zero attached hydrogens (tertiary/aromatic N) is 1. The van der Waals surface area contributed by atoms with Gasteiger partial charge in [0.15, 0.2) is 0 Å². The molecule has 5 nitrogen and oxygen atoms in total. The maximum Gasteiger partial charge on any atom is 0.242 e. The zero-order valence-corrected chi connectivity index (χ0v) is 14.9. The van der Waals surface area contributed by atoms with Crippen LogP contribution in [0.15, 0.2) is 54.6 Å². The molecule has 0 heterocycles. The fourth-order valence-electron chi connectivity index (χ4n) is 2.52. The van der Waals surface area contributed by atoms with Crippen molar-refractivity contribution in [1.82, 2.24) is 10.2 Å². The first-order valence-corrected chi connectivity index (χ1v) is 8.23. The molecule has 1 unspecified atom stereocenters. The fourth-order valence-corrected chi connectivity index (χ4v) is 2.52. The van der Waals surface area contributed by atoms with Crippen LogP contribution in [-0.2, 0) is 22.7 Å². The summed E-state index contributed by atoms with van der Waals surface area (Å²) in [7, 11) is 1.61. The molecule has 2 aromatic rings. The maximum absolute atomic E-state index is 12.4. The molecule has 0 fully saturated rings. The predicted octanol–water partition coefficient (Wildman–Crippen LogP) is 2.75. The number of hydrogen-bond donors (Lipinski definition) is 1. The number of carbonyl (C=O) groups excluding carboxylic acids is 2. The van der Waals surface area contributed by atoms with E-state index in [0.717, 1.165) is 16.9 Å². The minimum atomic E-state index is -0.552. The van der Waals surface area contributed by atoms with E-state index >= 15 is 0 Å². The summed E-state index contributed by atoms with van der Waals surface area (Å²) in [6.07, 6.45) is 0. The highest BCUT2D eigenvalue weighted by Gasteiger charge is 2.23. The van der Waals surface area contributed by atoms with Gasteiger partial charge in [0.25, 0.3) is 0 Å². The van der Waals surface area contributed by atoms with E-state index in [1.165, 1.54) is 6.92 Å². The molecule has 0 aliphatic rings. The van der Waals surface area contributed by atoms with Gasteiger partial charge in [0.1, 0.15) is 11.8 Å². The van der Waals surface area contributed by atoms with Gasteiger partial charge in [-0.1, -0.05) is 42.5 Å². The lowest BCUT2D eigenvalue weighted by Crippen LogP contribution is -2.46. The molecule has 0 saturated carbocycles. The number of ether oxygens (including phenoxy) is 1. The summed E-state index contributed by atoms with van der Waals surface area (Å²) in [5.41, 5.74) is 1.96. The molecule has 0 saturated heterocycles. The van der Waals surface area contributed by atoms with Crippen LogP contribution in [0.25, 0.3) is 0 Å². The van der Waals surface area contributed by atoms with Crippen molar-refractivity contribution < 1.29 is 14.3 Å². The molecule has 0 aromatic heterocycles. The average Bonchev–Trinajstić information content (AvgIpc) is 2.64. The Labute approximate surface area is 148 Å². The van der Waals surface area contributed by atoms with Crippen LogP contribution < -0.4 is 10.1 Å². The van der Waals surface area contributed by atoms with Gasteiger partial charge in [-0.3, -0.25) is 9.59 Å². The first-order chi connectivity index (χ1) is 12.0. The van der Waals surface area contributed by atoms with Gasteiger partial charge in [-0.15, -0.1) is 0 Å². The topological polar surface area (TPSA) is 58.6 Å². The first kappa shape index (κ1) is 18.5. The maximum atomic E-state index is 12.4. The molecule has 2 amide bonds. The number of rotatable bonds is 7. The van der Waals surface area contributed by atoms with Gasteiger partial charge in [0.2, 0.25) is 11.8 Å². The molecule has 0 aliphatic carbocycles. The number of methoxy groups -OCH3 is 1. The summed E-state index contributed by atoms with van der Waals surface area (Å²) in [6.45, 7) is 4.04. The molecule has 25 heavy (non-hydrogen) atoms. The molecule has 1 N–H and O–H groups in total. The van der Waals surface area contributed by atoms with E-state index in [4.69, 9.17) is 4.74 Å². The van der Waals surface area contributed by atoms with Gasteiger partial charge in [0.05, 0.1) is 7.11 Å². The molecule has 5 heteroatoms. The Hall–Kier alpha value is -2.82. The largest absolute Gasteiger partial charge is 0.497 e.